The lowest BCUT2D eigenvalue weighted by atomic mass is 9.81. The fourth-order valence-electron chi connectivity index (χ4n) is 1.54. The van der Waals surface area contributed by atoms with Gasteiger partial charge in [0.15, 0.2) is 0 Å². The summed E-state index contributed by atoms with van der Waals surface area (Å²) in [6.45, 7) is 9.75. The van der Waals surface area contributed by atoms with E-state index >= 15 is 0 Å². The molecule has 0 heterocycles. The molecule has 0 fully saturated rings. The SMILES string of the molecule is CC=CC=CC(=O)OCC(C)(C)C(O)C(C)C. The standard InChI is InChI=1S/C14H24O3/c1-6-7-8-9-12(15)17-10-14(4,5)13(16)11(2)3/h6-9,11,13,16H,10H2,1-5H3. The summed E-state index contributed by atoms with van der Waals surface area (Å²) >= 11 is 0. The molecule has 0 aromatic carbocycles. The first kappa shape index (κ1) is 15.9. The van der Waals surface area contributed by atoms with Crippen molar-refractivity contribution in [1.82, 2.24) is 0 Å². The Morgan fingerprint density at radius 2 is 1.94 bits per heavy atom. The second-order valence-electron chi connectivity index (χ2n) is 5.17. The van der Waals surface area contributed by atoms with Gasteiger partial charge in [0.2, 0.25) is 0 Å². The molecule has 0 aromatic rings. The number of carbonyl (C=O) groups excluding carboxylic acids is 1. The molecular formula is C14H24O3. The number of ether oxygens (including phenoxy) is 1. The van der Waals surface area contributed by atoms with Gasteiger partial charge in [0.25, 0.3) is 0 Å². The van der Waals surface area contributed by atoms with Crippen molar-refractivity contribution >= 4 is 5.97 Å². The average Bonchev–Trinajstić information content (AvgIpc) is 2.25. The van der Waals surface area contributed by atoms with Crippen molar-refractivity contribution in [3.63, 3.8) is 0 Å². The number of allylic oxidation sites excluding steroid dienone is 3. The minimum Gasteiger partial charge on any atom is -0.462 e. The van der Waals surface area contributed by atoms with Crippen LogP contribution in [0.15, 0.2) is 24.3 Å². The van der Waals surface area contributed by atoms with Gasteiger partial charge in [-0.25, -0.2) is 4.79 Å². The summed E-state index contributed by atoms with van der Waals surface area (Å²) in [4.78, 5) is 11.3. The summed E-state index contributed by atoms with van der Waals surface area (Å²) in [7, 11) is 0. The van der Waals surface area contributed by atoms with Gasteiger partial charge in [-0.1, -0.05) is 45.9 Å². The Balaban J connectivity index is 4.22. The van der Waals surface area contributed by atoms with E-state index in [-0.39, 0.29) is 18.5 Å². The van der Waals surface area contributed by atoms with E-state index in [1.165, 1.54) is 6.08 Å². The summed E-state index contributed by atoms with van der Waals surface area (Å²) in [6, 6.07) is 0. The van der Waals surface area contributed by atoms with Crippen LogP contribution < -0.4 is 0 Å². The average molecular weight is 240 g/mol. The molecule has 0 aliphatic carbocycles. The molecule has 0 saturated heterocycles. The highest BCUT2D eigenvalue weighted by molar-refractivity contribution is 5.82. The van der Waals surface area contributed by atoms with Crippen LogP contribution in [-0.4, -0.2) is 23.8 Å². The molecule has 1 unspecified atom stereocenters. The Kier molecular flexibility index (Phi) is 6.81. The van der Waals surface area contributed by atoms with Gasteiger partial charge in [0.1, 0.15) is 0 Å². The smallest absolute Gasteiger partial charge is 0.330 e. The van der Waals surface area contributed by atoms with Crippen LogP contribution in [0.25, 0.3) is 0 Å². The molecule has 0 amide bonds. The van der Waals surface area contributed by atoms with Gasteiger partial charge < -0.3 is 9.84 Å². The van der Waals surface area contributed by atoms with Gasteiger partial charge in [-0.3, -0.25) is 0 Å². The lowest BCUT2D eigenvalue weighted by Gasteiger charge is -2.32. The third-order valence-electron chi connectivity index (χ3n) is 2.55. The molecule has 0 bridgehead atoms. The molecule has 0 aliphatic heterocycles. The molecule has 98 valence electrons. The Labute approximate surface area is 104 Å². The first-order valence-electron chi connectivity index (χ1n) is 5.95. The lowest BCUT2D eigenvalue weighted by Crippen LogP contribution is -2.38. The predicted molar refractivity (Wildman–Crippen MR) is 69.5 cm³/mol. The quantitative estimate of drug-likeness (QED) is 0.441. The van der Waals surface area contributed by atoms with Crippen LogP contribution in [0.5, 0.6) is 0 Å². The lowest BCUT2D eigenvalue weighted by molar-refractivity contribution is -0.144. The maximum atomic E-state index is 11.3. The fraction of sp³-hybridized carbons (Fsp3) is 0.643. The van der Waals surface area contributed by atoms with Crippen LogP contribution in [-0.2, 0) is 9.53 Å². The second kappa shape index (κ2) is 7.28. The van der Waals surface area contributed by atoms with Crippen LogP contribution in [0, 0.1) is 11.3 Å². The van der Waals surface area contributed by atoms with Gasteiger partial charge in [-0.2, -0.15) is 0 Å². The maximum Gasteiger partial charge on any atom is 0.330 e. The Morgan fingerprint density at radius 3 is 2.41 bits per heavy atom. The number of aliphatic hydroxyl groups excluding tert-OH is 1. The molecule has 3 nitrogen and oxygen atoms in total. The van der Waals surface area contributed by atoms with Crippen LogP contribution in [0.3, 0.4) is 0 Å². The molecule has 0 saturated carbocycles. The number of hydrogen-bond donors (Lipinski definition) is 1. The van der Waals surface area contributed by atoms with E-state index in [0.717, 1.165) is 0 Å². The molecule has 0 aromatic heterocycles. The normalized spacial score (nSPS) is 14.8. The number of hydrogen-bond acceptors (Lipinski definition) is 3. The second-order valence-corrected chi connectivity index (χ2v) is 5.17. The van der Waals surface area contributed by atoms with Crippen molar-refractivity contribution in [2.24, 2.45) is 11.3 Å². The number of esters is 1. The minimum absolute atomic E-state index is 0.141. The number of aliphatic hydroxyl groups is 1. The van der Waals surface area contributed by atoms with E-state index in [9.17, 15) is 9.90 Å². The monoisotopic (exact) mass is 240 g/mol. The highest BCUT2D eigenvalue weighted by Crippen LogP contribution is 2.26. The van der Waals surface area contributed by atoms with E-state index in [4.69, 9.17) is 4.74 Å². The van der Waals surface area contributed by atoms with Crippen LogP contribution in [0.4, 0.5) is 0 Å². The summed E-state index contributed by atoms with van der Waals surface area (Å²) in [5, 5.41) is 9.96. The molecule has 0 radical (unpaired) electrons. The highest BCUT2D eigenvalue weighted by atomic mass is 16.5. The van der Waals surface area contributed by atoms with Gasteiger partial charge in [-0.05, 0) is 12.8 Å². The third kappa shape index (κ3) is 6.27. The fourth-order valence-corrected chi connectivity index (χ4v) is 1.54. The van der Waals surface area contributed by atoms with Crippen LogP contribution in [0.1, 0.15) is 34.6 Å². The molecule has 1 atom stereocenters. The van der Waals surface area contributed by atoms with Crippen molar-refractivity contribution in [2.75, 3.05) is 6.61 Å². The number of carbonyl (C=O) groups is 1. The molecule has 0 aliphatic rings. The zero-order valence-electron chi connectivity index (χ0n) is 11.4. The van der Waals surface area contributed by atoms with Crippen molar-refractivity contribution in [2.45, 2.75) is 40.7 Å². The third-order valence-corrected chi connectivity index (χ3v) is 2.55. The zero-order valence-corrected chi connectivity index (χ0v) is 11.4. The summed E-state index contributed by atoms with van der Waals surface area (Å²) in [5.41, 5.74) is -0.432. The summed E-state index contributed by atoms with van der Waals surface area (Å²) < 4.78 is 5.11. The highest BCUT2D eigenvalue weighted by Gasteiger charge is 2.31. The molecule has 1 N–H and O–H groups in total. The van der Waals surface area contributed by atoms with E-state index in [1.807, 2.05) is 40.7 Å². The Hall–Kier alpha value is -1.09. The molecule has 0 spiro atoms. The molecule has 0 rings (SSSR count). The minimum atomic E-state index is -0.491. The molecular weight excluding hydrogens is 216 g/mol. The topological polar surface area (TPSA) is 46.5 Å². The van der Waals surface area contributed by atoms with Gasteiger partial charge in [0.05, 0.1) is 12.7 Å². The van der Waals surface area contributed by atoms with Crippen molar-refractivity contribution in [3.8, 4) is 0 Å². The summed E-state index contributed by atoms with van der Waals surface area (Å²) in [6.07, 6.45) is 6.10. The largest absolute Gasteiger partial charge is 0.462 e. The first-order chi connectivity index (χ1) is 7.81. The Morgan fingerprint density at radius 1 is 1.35 bits per heavy atom. The Bertz CT molecular complexity index is 288. The van der Waals surface area contributed by atoms with Gasteiger partial charge in [-0.15, -0.1) is 0 Å². The van der Waals surface area contributed by atoms with Gasteiger partial charge >= 0.3 is 5.97 Å². The van der Waals surface area contributed by atoms with Crippen molar-refractivity contribution in [3.05, 3.63) is 24.3 Å². The van der Waals surface area contributed by atoms with E-state index in [1.54, 1.807) is 12.2 Å². The number of rotatable bonds is 6. The zero-order chi connectivity index (χ0) is 13.5. The molecule has 3 heteroatoms. The van der Waals surface area contributed by atoms with Gasteiger partial charge in [0, 0.05) is 11.5 Å². The summed E-state index contributed by atoms with van der Waals surface area (Å²) in [5.74, 6) is -0.241. The van der Waals surface area contributed by atoms with Crippen LogP contribution >= 0.6 is 0 Å². The van der Waals surface area contributed by atoms with E-state index in [2.05, 4.69) is 0 Å². The van der Waals surface area contributed by atoms with Crippen LogP contribution in [0.2, 0.25) is 0 Å². The maximum absolute atomic E-state index is 11.3. The van der Waals surface area contributed by atoms with Crippen molar-refractivity contribution in [1.29, 1.82) is 0 Å². The first-order valence-corrected chi connectivity index (χ1v) is 5.95. The van der Waals surface area contributed by atoms with E-state index in [0.29, 0.717) is 0 Å². The van der Waals surface area contributed by atoms with Crippen molar-refractivity contribution < 1.29 is 14.6 Å². The predicted octanol–water partition coefficient (Wildman–Crippen LogP) is 2.71. The molecule has 17 heavy (non-hydrogen) atoms. The van der Waals surface area contributed by atoms with E-state index < -0.39 is 11.5 Å².